The monoisotopic (exact) mass is 454 g/mol. The van der Waals surface area contributed by atoms with Crippen LogP contribution < -0.4 is 0 Å². The van der Waals surface area contributed by atoms with Crippen LogP contribution in [-0.2, 0) is 9.53 Å². The summed E-state index contributed by atoms with van der Waals surface area (Å²) in [7, 11) is 0. The Hall–Kier alpha value is -1.05. The molecule has 0 bridgehead atoms. The minimum atomic E-state index is -0.123. The number of carbonyl (C=O) groups excluding carboxylic acids is 1. The lowest BCUT2D eigenvalue weighted by Gasteiger charge is -2.60. The number of fused-ring (bicyclic) bond motifs is 5. The van der Waals surface area contributed by atoms with Crippen molar-refractivity contribution >= 4 is 5.97 Å². The lowest BCUT2D eigenvalue weighted by Crippen LogP contribution is -2.53. The van der Waals surface area contributed by atoms with Crippen LogP contribution in [-0.4, -0.2) is 12.1 Å². The average molecular weight is 455 g/mol. The number of esters is 1. The van der Waals surface area contributed by atoms with Crippen molar-refractivity contribution < 1.29 is 9.53 Å². The first-order valence-electron chi connectivity index (χ1n) is 14.0. The second-order valence-corrected chi connectivity index (χ2v) is 13.3. The molecule has 0 unspecified atom stereocenters. The second kappa shape index (κ2) is 9.19. The van der Waals surface area contributed by atoms with Crippen LogP contribution in [0.25, 0.3) is 0 Å². The van der Waals surface area contributed by atoms with Crippen molar-refractivity contribution in [2.75, 3.05) is 0 Å². The number of rotatable bonds is 5. The standard InChI is InChI=1S/C31H50O2/c1-19(2)20(3)9-10-21(4)26-11-12-27-29-22(5)17-24-18-25(33-23(6)32)13-15-30(24,7)28(29)14-16-31(26,27)8/h9-10,17,19-22,25-29H,11-16,18H2,1-8H3/b10-9+/t20-,21-,22-,25-,26-,27+,28+,29+,30-,31-/m1/s1. The van der Waals surface area contributed by atoms with Crippen molar-refractivity contribution in [2.45, 2.75) is 106 Å². The molecule has 4 aliphatic rings. The zero-order chi connectivity index (χ0) is 24.1. The van der Waals surface area contributed by atoms with Crippen LogP contribution in [0.3, 0.4) is 0 Å². The molecule has 0 heterocycles. The molecule has 4 aliphatic carbocycles. The molecule has 0 aliphatic heterocycles. The Morgan fingerprint density at radius 2 is 1.76 bits per heavy atom. The summed E-state index contributed by atoms with van der Waals surface area (Å²) < 4.78 is 5.65. The molecule has 0 aromatic heterocycles. The van der Waals surface area contributed by atoms with E-state index in [9.17, 15) is 4.79 Å². The Bertz CT molecular complexity index is 793. The molecule has 0 radical (unpaired) electrons. The van der Waals surface area contributed by atoms with Gasteiger partial charge in [-0.3, -0.25) is 4.79 Å². The van der Waals surface area contributed by atoms with Gasteiger partial charge in [0.05, 0.1) is 0 Å². The maximum atomic E-state index is 11.6. The Labute approximate surface area is 204 Å². The van der Waals surface area contributed by atoms with Gasteiger partial charge in [0.25, 0.3) is 0 Å². The van der Waals surface area contributed by atoms with Crippen molar-refractivity contribution in [1.29, 1.82) is 0 Å². The van der Waals surface area contributed by atoms with Gasteiger partial charge in [-0.1, -0.05) is 72.3 Å². The van der Waals surface area contributed by atoms with Crippen molar-refractivity contribution in [1.82, 2.24) is 0 Å². The van der Waals surface area contributed by atoms with Crippen molar-refractivity contribution in [3.8, 4) is 0 Å². The molecular weight excluding hydrogens is 404 g/mol. The van der Waals surface area contributed by atoms with Crippen LogP contribution in [0.2, 0.25) is 0 Å². The molecule has 3 fully saturated rings. The van der Waals surface area contributed by atoms with Gasteiger partial charge in [0.2, 0.25) is 0 Å². The molecule has 0 aromatic carbocycles. The van der Waals surface area contributed by atoms with Crippen LogP contribution >= 0.6 is 0 Å². The Morgan fingerprint density at radius 1 is 1.03 bits per heavy atom. The van der Waals surface area contributed by atoms with Gasteiger partial charge in [0.15, 0.2) is 0 Å². The quantitative estimate of drug-likeness (QED) is 0.309. The lowest BCUT2D eigenvalue weighted by atomic mass is 9.45. The molecule has 0 saturated heterocycles. The predicted molar refractivity (Wildman–Crippen MR) is 138 cm³/mol. The van der Waals surface area contributed by atoms with Crippen molar-refractivity contribution in [3.63, 3.8) is 0 Å². The number of ether oxygens (including phenoxy) is 1. The Morgan fingerprint density at radius 3 is 2.42 bits per heavy atom. The fourth-order valence-corrected chi connectivity index (χ4v) is 8.93. The third-order valence-electron chi connectivity index (χ3n) is 11.2. The molecule has 2 heteroatoms. The summed E-state index contributed by atoms with van der Waals surface area (Å²) in [5.41, 5.74) is 2.40. The van der Waals surface area contributed by atoms with Gasteiger partial charge in [-0.25, -0.2) is 0 Å². The highest BCUT2D eigenvalue weighted by atomic mass is 16.5. The Balaban J connectivity index is 1.55. The first-order valence-corrected chi connectivity index (χ1v) is 14.0. The maximum absolute atomic E-state index is 11.6. The van der Waals surface area contributed by atoms with Crippen LogP contribution in [0, 0.1) is 58.2 Å². The van der Waals surface area contributed by atoms with E-state index < -0.39 is 0 Å². The summed E-state index contributed by atoms with van der Waals surface area (Å²) in [4.78, 5) is 11.6. The first-order chi connectivity index (χ1) is 15.5. The van der Waals surface area contributed by atoms with Gasteiger partial charge in [-0.15, -0.1) is 0 Å². The van der Waals surface area contributed by atoms with Gasteiger partial charge in [-0.05, 0) is 96.7 Å². The van der Waals surface area contributed by atoms with E-state index in [2.05, 4.69) is 66.7 Å². The van der Waals surface area contributed by atoms with E-state index in [0.29, 0.717) is 28.6 Å². The molecule has 0 N–H and O–H groups in total. The summed E-state index contributed by atoms with van der Waals surface area (Å²) in [6, 6.07) is 0. The molecule has 10 atom stereocenters. The van der Waals surface area contributed by atoms with Crippen LogP contribution in [0.5, 0.6) is 0 Å². The molecular formula is C31H50O2. The maximum Gasteiger partial charge on any atom is 0.302 e. The smallest absolute Gasteiger partial charge is 0.302 e. The lowest BCUT2D eigenvalue weighted by molar-refractivity contribution is -0.149. The van der Waals surface area contributed by atoms with Crippen LogP contribution in [0.4, 0.5) is 0 Å². The van der Waals surface area contributed by atoms with Gasteiger partial charge in [0, 0.05) is 13.3 Å². The number of hydrogen-bond acceptors (Lipinski definition) is 2. The highest BCUT2D eigenvalue weighted by Gasteiger charge is 2.60. The Kier molecular flexibility index (Phi) is 6.98. The topological polar surface area (TPSA) is 26.3 Å². The van der Waals surface area contributed by atoms with E-state index >= 15 is 0 Å². The second-order valence-electron chi connectivity index (χ2n) is 13.3. The fraction of sp³-hybridized carbons (Fsp3) is 0.839. The highest BCUT2D eigenvalue weighted by molar-refractivity contribution is 5.66. The summed E-state index contributed by atoms with van der Waals surface area (Å²) >= 11 is 0. The minimum absolute atomic E-state index is 0.0937. The van der Waals surface area contributed by atoms with E-state index in [1.807, 2.05) is 0 Å². The van der Waals surface area contributed by atoms with E-state index in [-0.39, 0.29) is 12.1 Å². The third kappa shape index (κ3) is 4.38. The molecule has 4 rings (SSSR count). The third-order valence-corrected chi connectivity index (χ3v) is 11.2. The zero-order valence-corrected chi connectivity index (χ0v) is 22.7. The van der Waals surface area contributed by atoms with E-state index in [1.54, 1.807) is 12.5 Å². The number of hydrogen-bond donors (Lipinski definition) is 0. The molecule has 0 aromatic rings. The number of carbonyl (C=O) groups is 1. The van der Waals surface area contributed by atoms with Crippen molar-refractivity contribution in [3.05, 3.63) is 23.8 Å². The normalized spacial score (nSPS) is 44.6. The largest absolute Gasteiger partial charge is 0.462 e. The molecule has 186 valence electrons. The summed E-state index contributed by atoms with van der Waals surface area (Å²) in [6.07, 6.45) is 16.6. The first kappa shape index (κ1) is 25.1. The van der Waals surface area contributed by atoms with Gasteiger partial charge in [-0.2, -0.15) is 0 Å². The molecule has 33 heavy (non-hydrogen) atoms. The van der Waals surface area contributed by atoms with E-state index in [0.717, 1.165) is 42.4 Å². The number of allylic oxidation sites excluding steroid dienone is 3. The SMILES string of the molecule is CC(=O)O[C@@H]1CC[C@]2(C)C(=C[C@@H](C)[C@H]3[C@@H]4CC[C@H]([C@H](C)/C=C/[C@@H](C)C(C)C)[C@@]4(C)CC[C@@H]32)C1. The minimum Gasteiger partial charge on any atom is -0.462 e. The van der Waals surface area contributed by atoms with E-state index in [1.165, 1.54) is 32.1 Å². The summed E-state index contributed by atoms with van der Waals surface area (Å²) in [6.45, 7) is 18.8. The van der Waals surface area contributed by atoms with E-state index in [4.69, 9.17) is 4.74 Å². The van der Waals surface area contributed by atoms with Crippen LogP contribution in [0.15, 0.2) is 23.8 Å². The molecule has 3 saturated carbocycles. The highest BCUT2D eigenvalue weighted by Crippen LogP contribution is 2.68. The summed E-state index contributed by atoms with van der Waals surface area (Å²) in [5, 5.41) is 0. The predicted octanol–water partition coefficient (Wildman–Crippen LogP) is 8.23. The van der Waals surface area contributed by atoms with Crippen molar-refractivity contribution in [2.24, 2.45) is 58.2 Å². The summed E-state index contributed by atoms with van der Waals surface area (Å²) in [5.74, 6) is 5.88. The zero-order valence-electron chi connectivity index (χ0n) is 22.7. The van der Waals surface area contributed by atoms with Crippen LogP contribution in [0.1, 0.15) is 100 Å². The fourth-order valence-electron chi connectivity index (χ4n) is 8.93. The average Bonchev–Trinajstić information content (AvgIpc) is 3.09. The molecule has 0 amide bonds. The molecule has 0 spiro atoms. The van der Waals surface area contributed by atoms with Gasteiger partial charge in [0.1, 0.15) is 6.10 Å². The molecule has 2 nitrogen and oxygen atoms in total. The van der Waals surface area contributed by atoms with Gasteiger partial charge < -0.3 is 4.74 Å². The van der Waals surface area contributed by atoms with Gasteiger partial charge >= 0.3 is 5.97 Å².